The first-order valence-corrected chi connectivity index (χ1v) is 13.9. The van der Waals surface area contributed by atoms with Gasteiger partial charge in [0.25, 0.3) is 0 Å². The number of imidazole rings is 1. The number of fused-ring (bicyclic) bond motifs is 1. The third kappa shape index (κ3) is 6.22. The van der Waals surface area contributed by atoms with Crippen LogP contribution in [0.4, 0.5) is 28.6 Å². The molecule has 42 heavy (non-hydrogen) atoms. The van der Waals surface area contributed by atoms with E-state index < -0.39 is 36.4 Å². The summed E-state index contributed by atoms with van der Waals surface area (Å²) in [7, 11) is 0. The summed E-state index contributed by atoms with van der Waals surface area (Å²) in [4.78, 5) is 33.2. The number of hydrogen-bond acceptors (Lipinski definition) is 7. The molecular formula is C28H35F3N6O5. The minimum Gasteiger partial charge on any atom is -0.434 e. The number of nitrogens with zero attached hydrogens (tertiary/aromatic N) is 6. The molecule has 2 amide bonds. The van der Waals surface area contributed by atoms with E-state index >= 15 is 0 Å². The largest absolute Gasteiger partial charge is 0.510 e. The second-order valence-electron chi connectivity index (χ2n) is 9.81. The summed E-state index contributed by atoms with van der Waals surface area (Å²) in [6.07, 6.45) is -3.16. The highest BCUT2D eigenvalue weighted by molar-refractivity contribution is 5.94. The van der Waals surface area contributed by atoms with Crippen molar-refractivity contribution in [3.05, 3.63) is 53.5 Å². The van der Waals surface area contributed by atoms with Crippen LogP contribution in [-0.2, 0) is 22.2 Å². The van der Waals surface area contributed by atoms with Gasteiger partial charge in [0.2, 0.25) is 0 Å². The summed E-state index contributed by atoms with van der Waals surface area (Å²) < 4.78 is 53.5. The SMILES string of the molecule is CCCOC(=O)OC(CC)n1c(-c2cnn(Cc3cccc(C(F)(F)F)c3)c2)nc2c1C(O)N(CCC)C(=O)N2CC. The highest BCUT2D eigenvalue weighted by Crippen LogP contribution is 2.41. The minimum absolute atomic E-state index is 0.0495. The molecule has 14 heteroatoms. The van der Waals surface area contributed by atoms with E-state index in [0.717, 1.165) is 12.1 Å². The molecule has 3 aromatic rings. The van der Waals surface area contributed by atoms with Gasteiger partial charge in [-0.15, -0.1) is 0 Å². The van der Waals surface area contributed by atoms with E-state index in [9.17, 15) is 27.9 Å². The van der Waals surface area contributed by atoms with Crippen LogP contribution in [0.1, 0.15) is 76.2 Å². The van der Waals surface area contributed by atoms with Crippen LogP contribution in [0.2, 0.25) is 0 Å². The molecule has 0 fully saturated rings. The van der Waals surface area contributed by atoms with Crippen molar-refractivity contribution >= 4 is 18.0 Å². The molecule has 228 valence electrons. The zero-order valence-electron chi connectivity index (χ0n) is 24.0. The number of aliphatic hydroxyl groups excluding tert-OH is 1. The van der Waals surface area contributed by atoms with E-state index in [2.05, 4.69) is 5.10 Å². The maximum atomic E-state index is 13.3. The van der Waals surface area contributed by atoms with Crippen LogP contribution in [-0.4, -0.2) is 61.2 Å². The van der Waals surface area contributed by atoms with Crippen LogP contribution in [0.15, 0.2) is 36.7 Å². The summed E-state index contributed by atoms with van der Waals surface area (Å²) in [6.45, 7) is 8.06. The molecule has 0 aliphatic carbocycles. The van der Waals surface area contributed by atoms with Crippen LogP contribution >= 0.6 is 0 Å². The fourth-order valence-corrected chi connectivity index (χ4v) is 4.86. The Hall–Kier alpha value is -4.07. The topological polar surface area (TPSA) is 115 Å². The molecule has 1 aliphatic rings. The van der Waals surface area contributed by atoms with Gasteiger partial charge < -0.3 is 14.6 Å². The fraction of sp³-hybridized carbons (Fsp3) is 0.500. The molecule has 3 heterocycles. The third-order valence-corrected chi connectivity index (χ3v) is 6.77. The van der Waals surface area contributed by atoms with Crippen molar-refractivity contribution in [1.29, 1.82) is 0 Å². The predicted octanol–water partition coefficient (Wildman–Crippen LogP) is 5.95. The van der Waals surface area contributed by atoms with E-state index in [-0.39, 0.29) is 50.0 Å². The number of ether oxygens (including phenoxy) is 2. The van der Waals surface area contributed by atoms with Gasteiger partial charge in [-0.2, -0.15) is 18.3 Å². The van der Waals surface area contributed by atoms with Gasteiger partial charge in [0.05, 0.1) is 30.5 Å². The fourth-order valence-electron chi connectivity index (χ4n) is 4.86. The Morgan fingerprint density at radius 2 is 1.93 bits per heavy atom. The molecule has 1 N–H and O–H groups in total. The Morgan fingerprint density at radius 3 is 2.57 bits per heavy atom. The van der Waals surface area contributed by atoms with E-state index in [0.29, 0.717) is 24.0 Å². The second-order valence-corrected chi connectivity index (χ2v) is 9.81. The van der Waals surface area contributed by atoms with E-state index in [4.69, 9.17) is 14.5 Å². The lowest BCUT2D eigenvalue weighted by Crippen LogP contribution is -2.50. The molecule has 2 unspecified atom stereocenters. The Labute approximate surface area is 241 Å². The van der Waals surface area contributed by atoms with Crippen LogP contribution < -0.4 is 4.90 Å². The zero-order valence-corrected chi connectivity index (χ0v) is 24.0. The Bertz CT molecular complexity index is 1400. The molecule has 2 aromatic heterocycles. The summed E-state index contributed by atoms with van der Waals surface area (Å²) >= 11 is 0. The van der Waals surface area contributed by atoms with E-state index in [1.165, 1.54) is 26.7 Å². The maximum absolute atomic E-state index is 13.3. The Morgan fingerprint density at radius 1 is 1.17 bits per heavy atom. The van der Waals surface area contributed by atoms with Crippen LogP contribution in [0, 0.1) is 0 Å². The third-order valence-electron chi connectivity index (χ3n) is 6.77. The first-order chi connectivity index (χ1) is 20.0. The van der Waals surface area contributed by atoms with Gasteiger partial charge in [-0.05, 0) is 37.5 Å². The summed E-state index contributed by atoms with van der Waals surface area (Å²) in [6, 6.07) is 4.57. The normalized spacial score (nSPS) is 16.0. The highest BCUT2D eigenvalue weighted by atomic mass is 19.4. The van der Waals surface area contributed by atoms with Gasteiger partial charge in [-0.3, -0.25) is 19.0 Å². The van der Waals surface area contributed by atoms with Gasteiger partial charge in [0.15, 0.2) is 18.3 Å². The van der Waals surface area contributed by atoms with Crippen molar-refractivity contribution in [3.63, 3.8) is 0 Å². The number of carbonyl (C=O) groups is 2. The molecular weight excluding hydrogens is 557 g/mol. The van der Waals surface area contributed by atoms with E-state index in [1.54, 1.807) is 30.7 Å². The second kappa shape index (κ2) is 12.8. The zero-order chi connectivity index (χ0) is 30.6. The lowest BCUT2D eigenvalue weighted by atomic mass is 10.1. The van der Waals surface area contributed by atoms with Crippen molar-refractivity contribution in [2.45, 2.75) is 72.1 Å². The van der Waals surface area contributed by atoms with Gasteiger partial charge in [-0.1, -0.05) is 32.9 Å². The molecule has 0 radical (unpaired) electrons. The quantitative estimate of drug-likeness (QED) is 0.274. The number of urea groups is 1. The van der Waals surface area contributed by atoms with Crippen molar-refractivity contribution in [2.24, 2.45) is 0 Å². The number of amides is 2. The van der Waals surface area contributed by atoms with Crippen molar-refractivity contribution in [2.75, 3.05) is 24.6 Å². The molecule has 1 aliphatic heterocycles. The van der Waals surface area contributed by atoms with Gasteiger partial charge in [0, 0.05) is 25.7 Å². The summed E-state index contributed by atoms with van der Waals surface area (Å²) in [5.41, 5.74) is 0.339. The molecule has 4 rings (SSSR count). The number of benzene rings is 1. The van der Waals surface area contributed by atoms with Gasteiger partial charge >= 0.3 is 18.4 Å². The number of rotatable bonds is 11. The van der Waals surface area contributed by atoms with Crippen LogP contribution in [0.3, 0.4) is 0 Å². The van der Waals surface area contributed by atoms with Crippen molar-refractivity contribution < 1.29 is 37.3 Å². The first kappa shape index (κ1) is 30.9. The number of aromatic nitrogens is 4. The average molecular weight is 593 g/mol. The smallest absolute Gasteiger partial charge is 0.434 e. The number of hydrogen-bond donors (Lipinski definition) is 1. The number of halogens is 3. The number of alkyl halides is 3. The highest BCUT2D eigenvalue weighted by Gasteiger charge is 2.42. The first-order valence-electron chi connectivity index (χ1n) is 13.9. The molecule has 0 spiro atoms. The van der Waals surface area contributed by atoms with Crippen molar-refractivity contribution in [1.82, 2.24) is 24.2 Å². The lowest BCUT2D eigenvalue weighted by molar-refractivity contribution is -0.137. The van der Waals surface area contributed by atoms with Gasteiger partial charge in [-0.25, -0.2) is 14.6 Å². The number of aliphatic hydroxyl groups is 1. The van der Waals surface area contributed by atoms with Gasteiger partial charge in [0.1, 0.15) is 11.5 Å². The molecule has 2 atom stereocenters. The standard InChI is InChI=1S/C28H35F3N6O5/c1-5-12-36-25(38)22-24(35(8-4)26(36)39)33-23(37(22)21(7-3)42-27(40)41-13-6-2)19-15-32-34(17-19)16-18-10-9-11-20(14-18)28(29,30)31/h9-11,14-15,17,21,25,38H,5-8,12-13,16H2,1-4H3. The monoisotopic (exact) mass is 592 g/mol. The summed E-state index contributed by atoms with van der Waals surface area (Å²) in [5.74, 6) is 0.473. The average Bonchev–Trinajstić information content (AvgIpc) is 3.58. The lowest BCUT2D eigenvalue weighted by Gasteiger charge is -2.38. The maximum Gasteiger partial charge on any atom is 0.510 e. The number of anilines is 1. The molecule has 0 bridgehead atoms. The molecule has 0 saturated heterocycles. The molecule has 11 nitrogen and oxygen atoms in total. The van der Waals surface area contributed by atoms with E-state index in [1.807, 2.05) is 13.8 Å². The Kier molecular flexibility index (Phi) is 9.44. The Balaban J connectivity index is 1.80. The summed E-state index contributed by atoms with van der Waals surface area (Å²) in [5, 5.41) is 15.7. The molecule has 1 aromatic carbocycles. The predicted molar refractivity (Wildman–Crippen MR) is 146 cm³/mol. The number of carbonyl (C=O) groups excluding carboxylic acids is 2. The minimum atomic E-state index is -4.47. The molecule has 0 saturated carbocycles. The van der Waals surface area contributed by atoms with Crippen molar-refractivity contribution in [3.8, 4) is 11.4 Å². The van der Waals surface area contributed by atoms with Crippen LogP contribution in [0.5, 0.6) is 0 Å². The van der Waals surface area contributed by atoms with Crippen LogP contribution in [0.25, 0.3) is 11.4 Å².